The second-order valence-electron chi connectivity index (χ2n) is 20.3. The average molecular weight is 1020 g/mol. The Morgan fingerprint density at radius 3 is 2.01 bits per heavy atom. The second kappa shape index (κ2) is 29.1. The number of aliphatic hydroxyl groups is 6. The van der Waals surface area contributed by atoms with Gasteiger partial charge < -0.3 is 77.9 Å². The van der Waals surface area contributed by atoms with Crippen LogP contribution in [0.5, 0.6) is 5.75 Å². The number of fused-ring (bicyclic) bond motifs is 2. The van der Waals surface area contributed by atoms with E-state index in [0.29, 0.717) is 23.8 Å². The molecule has 0 saturated carbocycles. The van der Waals surface area contributed by atoms with E-state index in [4.69, 9.17) is 5.73 Å². The zero-order chi connectivity index (χ0) is 53.2. The molecule has 0 bridgehead atoms. The fourth-order valence-electron chi connectivity index (χ4n) is 9.76. The van der Waals surface area contributed by atoms with E-state index in [0.717, 1.165) is 41.9 Å². The molecule has 3 fully saturated rings. The molecule has 0 aliphatic carbocycles. The number of phenolic OH excluding ortho intramolecular Hbond substituents is 1. The SMILES string of the molecule is CC[C@H](C)C[C@H](C)CCCCCCCCC(=O)N[C@H]1C[C@@H](O)CNC(=O)[C@@H]2[C@@H](O)CCN2C(=O)[C@H]([C@H](O)CCN)NC(=O)[C@H]([C@H](O)Cc2ccc(O)cc2)NC(=O)[C@@H]2C[C@@H](O)CN2C(=O)[C@H]([C@@H](C)O)NC1=O. The zero-order valence-electron chi connectivity index (χ0n) is 42.3. The molecule has 3 aliphatic heterocycles. The van der Waals surface area contributed by atoms with Crippen LogP contribution in [0.1, 0.15) is 123 Å². The third kappa shape index (κ3) is 17.6. The lowest BCUT2D eigenvalue weighted by molar-refractivity contribution is -0.147. The van der Waals surface area contributed by atoms with Gasteiger partial charge in [-0.3, -0.25) is 33.6 Å². The van der Waals surface area contributed by atoms with E-state index >= 15 is 0 Å². The number of rotatable bonds is 20. The van der Waals surface area contributed by atoms with Gasteiger partial charge in [0, 0.05) is 45.3 Å². The lowest BCUT2D eigenvalue weighted by atomic mass is 9.91. The molecule has 406 valence electrons. The van der Waals surface area contributed by atoms with Gasteiger partial charge in [-0.05, 0) is 68.7 Å². The minimum absolute atomic E-state index is 0.0240. The maximum atomic E-state index is 14.3. The summed E-state index contributed by atoms with van der Waals surface area (Å²) in [5, 5.41) is 89.1. The van der Waals surface area contributed by atoms with Crippen LogP contribution in [-0.2, 0) is 40.0 Å². The molecule has 1 aromatic carbocycles. The van der Waals surface area contributed by atoms with Crippen LogP contribution in [0.4, 0.5) is 0 Å². The highest BCUT2D eigenvalue weighted by Crippen LogP contribution is 2.25. The largest absolute Gasteiger partial charge is 0.508 e. The molecule has 22 heteroatoms. The van der Waals surface area contributed by atoms with Crippen molar-refractivity contribution in [3.8, 4) is 5.75 Å². The minimum Gasteiger partial charge on any atom is -0.508 e. The van der Waals surface area contributed by atoms with E-state index in [1.807, 2.05) is 0 Å². The molecule has 0 radical (unpaired) electrons. The fourth-order valence-corrected chi connectivity index (χ4v) is 9.76. The number of carbonyl (C=O) groups is 7. The van der Waals surface area contributed by atoms with Crippen molar-refractivity contribution in [3.63, 3.8) is 0 Å². The fraction of sp³-hybridized carbons (Fsp3) is 0.740. The first-order chi connectivity index (χ1) is 34.1. The Kier molecular flexibility index (Phi) is 24.0. The molecular formula is C50H82N8O14. The van der Waals surface area contributed by atoms with Gasteiger partial charge in [0.15, 0.2) is 0 Å². The zero-order valence-corrected chi connectivity index (χ0v) is 42.3. The van der Waals surface area contributed by atoms with Crippen molar-refractivity contribution in [3.05, 3.63) is 29.8 Å². The molecule has 14 atom stereocenters. The Bertz CT molecular complexity index is 1940. The van der Waals surface area contributed by atoms with Crippen LogP contribution < -0.4 is 32.3 Å². The summed E-state index contributed by atoms with van der Waals surface area (Å²) in [6, 6.07) is -4.75. The molecule has 22 nitrogen and oxygen atoms in total. The highest BCUT2D eigenvalue weighted by atomic mass is 16.3. The number of aliphatic hydroxyl groups excluding tert-OH is 6. The van der Waals surface area contributed by atoms with Crippen LogP contribution in [-0.4, -0.2) is 186 Å². The number of aromatic hydroxyl groups is 1. The maximum absolute atomic E-state index is 14.3. The first-order valence-electron chi connectivity index (χ1n) is 25.8. The molecule has 3 aliphatic rings. The summed E-state index contributed by atoms with van der Waals surface area (Å²) >= 11 is 0. The van der Waals surface area contributed by atoms with Gasteiger partial charge in [-0.2, -0.15) is 0 Å². The molecule has 7 amide bonds. The van der Waals surface area contributed by atoms with Crippen LogP contribution in [0.25, 0.3) is 0 Å². The molecule has 0 spiro atoms. The summed E-state index contributed by atoms with van der Waals surface area (Å²) in [4.78, 5) is 100. The van der Waals surface area contributed by atoms with Crippen molar-refractivity contribution in [2.45, 2.75) is 197 Å². The molecule has 3 saturated heterocycles. The van der Waals surface area contributed by atoms with Gasteiger partial charge in [0.25, 0.3) is 0 Å². The first-order valence-corrected chi connectivity index (χ1v) is 25.8. The summed E-state index contributed by atoms with van der Waals surface area (Å²) in [7, 11) is 0. The van der Waals surface area contributed by atoms with Crippen molar-refractivity contribution >= 4 is 41.4 Å². The number of hydrogen-bond donors (Lipinski definition) is 13. The summed E-state index contributed by atoms with van der Waals surface area (Å²) in [5.41, 5.74) is 6.12. The van der Waals surface area contributed by atoms with E-state index in [1.165, 1.54) is 50.5 Å². The van der Waals surface area contributed by atoms with Crippen molar-refractivity contribution < 1.29 is 69.3 Å². The number of nitrogens with zero attached hydrogens (tertiary/aromatic N) is 2. The minimum atomic E-state index is -1.94. The average Bonchev–Trinajstić information content (AvgIpc) is 3.93. The predicted molar refractivity (Wildman–Crippen MR) is 263 cm³/mol. The number of β-amino-alcohol motifs (C(OH)–C–C–N with tert-alkyl or cyclic N) is 1. The molecular weight excluding hydrogens is 937 g/mol. The number of amides is 7. The van der Waals surface area contributed by atoms with Crippen LogP contribution in [0.3, 0.4) is 0 Å². The molecule has 0 aromatic heterocycles. The Balaban J connectivity index is 1.63. The standard InChI is InChI=1S/C50H82N8O14/c1-5-28(2)22-29(3)12-10-8-6-7-9-11-13-40(66)53-35-24-33(61)26-52-48(70)44-38(64)19-21-57(44)50(72)43(37(63)18-20-51)56-47(69)42(39(65)23-31-14-16-32(60)17-15-31)55-46(68)36-25-34(62)27-58(36)49(71)41(30(4)59)54-45(35)67/h14-17,28-30,33-39,41-44,59-65H,5-13,18-27,51H2,1-4H3,(H,52,70)(H,53,66)(H,54,67)(H,55,68)(H,56,69)/t28-,29+,30+,33+,34+,35-,36-,37+,38-,39+,41-,42-,43-,44-/m0/s1. The number of benzene rings is 1. The molecule has 1 aromatic rings. The second-order valence-corrected chi connectivity index (χ2v) is 20.3. The van der Waals surface area contributed by atoms with Gasteiger partial charge in [0.2, 0.25) is 41.4 Å². The Morgan fingerprint density at radius 1 is 0.736 bits per heavy atom. The number of carbonyl (C=O) groups excluding carboxylic acids is 7. The molecule has 0 unspecified atom stereocenters. The van der Waals surface area contributed by atoms with Crippen LogP contribution in [0.2, 0.25) is 0 Å². The van der Waals surface area contributed by atoms with Gasteiger partial charge in [-0.25, -0.2) is 0 Å². The Labute approximate surface area is 422 Å². The third-order valence-corrected chi connectivity index (χ3v) is 14.1. The van der Waals surface area contributed by atoms with Gasteiger partial charge in [-0.1, -0.05) is 77.8 Å². The molecule has 4 rings (SSSR count). The number of hydrogen-bond acceptors (Lipinski definition) is 15. The molecule has 3 heterocycles. The van der Waals surface area contributed by atoms with E-state index in [-0.39, 0.29) is 50.9 Å². The maximum Gasteiger partial charge on any atom is 0.248 e. The van der Waals surface area contributed by atoms with Gasteiger partial charge in [0.05, 0.1) is 36.6 Å². The molecule has 72 heavy (non-hydrogen) atoms. The van der Waals surface area contributed by atoms with E-state index in [2.05, 4.69) is 47.4 Å². The van der Waals surface area contributed by atoms with Gasteiger partial charge in [-0.15, -0.1) is 0 Å². The number of nitrogens with one attached hydrogen (secondary N) is 5. The van der Waals surface area contributed by atoms with Crippen LogP contribution in [0.15, 0.2) is 24.3 Å². The van der Waals surface area contributed by atoms with Crippen molar-refractivity contribution in [1.82, 2.24) is 36.4 Å². The predicted octanol–water partition coefficient (Wildman–Crippen LogP) is -1.68. The van der Waals surface area contributed by atoms with Crippen molar-refractivity contribution in [1.29, 1.82) is 0 Å². The number of unbranched alkanes of at least 4 members (excludes halogenated alkanes) is 5. The smallest absolute Gasteiger partial charge is 0.248 e. The van der Waals surface area contributed by atoms with E-state index in [1.54, 1.807) is 0 Å². The lowest BCUT2D eigenvalue weighted by Crippen LogP contribution is -2.64. The summed E-state index contributed by atoms with van der Waals surface area (Å²) in [6.07, 6.45) is -2.10. The highest BCUT2D eigenvalue weighted by Gasteiger charge is 2.48. The van der Waals surface area contributed by atoms with E-state index < -0.39 is 134 Å². The van der Waals surface area contributed by atoms with Crippen LogP contribution in [0, 0.1) is 11.8 Å². The quantitative estimate of drug-likeness (QED) is 0.0650. The summed E-state index contributed by atoms with van der Waals surface area (Å²) < 4.78 is 0. The Hall–Kier alpha value is -4.97. The molecule has 14 N–H and O–H groups in total. The van der Waals surface area contributed by atoms with Crippen molar-refractivity contribution in [2.24, 2.45) is 17.6 Å². The van der Waals surface area contributed by atoms with Gasteiger partial charge >= 0.3 is 0 Å². The lowest BCUT2D eigenvalue weighted by Gasteiger charge is -2.34. The summed E-state index contributed by atoms with van der Waals surface area (Å²) in [6.45, 7) is 6.52. The monoisotopic (exact) mass is 1020 g/mol. The topological polar surface area (TPSA) is 354 Å². The third-order valence-electron chi connectivity index (χ3n) is 14.1. The van der Waals surface area contributed by atoms with E-state index in [9.17, 15) is 69.3 Å². The van der Waals surface area contributed by atoms with Gasteiger partial charge in [0.1, 0.15) is 42.0 Å². The van der Waals surface area contributed by atoms with Crippen LogP contribution >= 0.6 is 0 Å². The normalized spacial score (nSPS) is 28.3. The first kappa shape index (κ1) is 59.6. The highest BCUT2D eigenvalue weighted by molar-refractivity contribution is 5.98. The number of phenols is 1. The van der Waals surface area contributed by atoms with Crippen molar-refractivity contribution in [2.75, 3.05) is 26.2 Å². The number of nitrogens with two attached hydrogens (primary N) is 1. The summed E-state index contributed by atoms with van der Waals surface area (Å²) in [5.74, 6) is -5.58. The Morgan fingerprint density at radius 2 is 1.36 bits per heavy atom.